The first-order valence-corrected chi connectivity index (χ1v) is 6.93. The minimum atomic E-state index is -0.971. The molecule has 7 heteroatoms. The number of carbonyl (C=O) groups excluding carboxylic acids is 3. The molecule has 3 N–H and O–H groups in total. The number of hydrogen-bond acceptors (Lipinski definition) is 4. The lowest BCUT2D eigenvalue weighted by Gasteiger charge is -2.28. The highest BCUT2D eigenvalue weighted by molar-refractivity contribution is 6.08. The molecule has 2 rings (SSSR count). The summed E-state index contributed by atoms with van der Waals surface area (Å²) >= 11 is 0. The van der Waals surface area contributed by atoms with Crippen molar-refractivity contribution in [2.75, 3.05) is 6.54 Å². The van der Waals surface area contributed by atoms with Gasteiger partial charge in [-0.3, -0.25) is 14.5 Å². The maximum atomic E-state index is 11.9. The van der Waals surface area contributed by atoms with E-state index in [1.165, 1.54) is 0 Å². The van der Waals surface area contributed by atoms with Crippen molar-refractivity contribution in [3.63, 3.8) is 0 Å². The van der Waals surface area contributed by atoms with Crippen molar-refractivity contribution >= 4 is 17.8 Å². The largest absolute Gasteiger partial charge is 0.391 e. The van der Waals surface area contributed by atoms with Crippen molar-refractivity contribution < 1.29 is 19.5 Å². The van der Waals surface area contributed by atoms with Crippen LogP contribution < -0.4 is 10.6 Å². The second kappa shape index (κ2) is 5.40. The molecule has 4 amide bonds. The Hall–Kier alpha value is -1.63. The zero-order chi connectivity index (χ0) is 14.9. The summed E-state index contributed by atoms with van der Waals surface area (Å²) < 4.78 is 0. The van der Waals surface area contributed by atoms with Gasteiger partial charge in [0.25, 0.3) is 5.91 Å². The lowest BCUT2D eigenvalue weighted by molar-refractivity contribution is -0.134. The first kappa shape index (κ1) is 14.8. The Balaban J connectivity index is 1.91. The molecule has 2 aliphatic rings. The van der Waals surface area contributed by atoms with Gasteiger partial charge in [0, 0.05) is 0 Å². The van der Waals surface area contributed by atoms with Gasteiger partial charge >= 0.3 is 6.03 Å². The fraction of sp³-hybridized carbons (Fsp3) is 0.769. The van der Waals surface area contributed by atoms with Crippen molar-refractivity contribution in [2.24, 2.45) is 0 Å². The molecule has 2 atom stereocenters. The summed E-state index contributed by atoms with van der Waals surface area (Å²) in [6.07, 6.45) is 2.75. The summed E-state index contributed by atoms with van der Waals surface area (Å²) in [5.74, 6) is -0.834. The van der Waals surface area contributed by atoms with Crippen LogP contribution in [0.1, 0.15) is 39.5 Å². The number of urea groups is 1. The van der Waals surface area contributed by atoms with Gasteiger partial charge in [0.15, 0.2) is 0 Å². The van der Waals surface area contributed by atoms with Gasteiger partial charge in [0.05, 0.1) is 12.1 Å². The number of imide groups is 1. The maximum absolute atomic E-state index is 11.9. The van der Waals surface area contributed by atoms with Gasteiger partial charge in [0.2, 0.25) is 5.91 Å². The summed E-state index contributed by atoms with van der Waals surface area (Å²) in [5, 5.41) is 15.0. The van der Waals surface area contributed by atoms with Gasteiger partial charge in [-0.15, -0.1) is 0 Å². The van der Waals surface area contributed by atoms with Crippen molar-refractivity contribution in [1.29, 1.82) is 0 Å². The number of hydrogen-bond donors (Lipinski definition) is 3. The lowest BCUT2D eigenvalue weighted by atomic mass is 9.92. The quantitative estimate of drug-likeness (QED) is 0.621. The van der Waals surface area contributed by atoms with E-state index in [1.807, 2.05) is 0 Å². The van der Waals surface area contributed by atoms with Crippen LogP contribution >= 0.6 is 0 Å². The molecule has 112 valence electrons. The Morgan fingerprint density at radius 1 is 1.40 bits per heavy atom. The molecule has 1 aliphatic heterocycles. The molecule has 2 fully saturated rings. The number of amides is 4. The SMILES string of the molecule is CC1(C)NC(=O)N(CC(=O)NC2CCCCC2O)C1=O. The Kier molecular flexibility index (Phi) is 3.99. The number of rotatable bonds is 3. The highest BCUT2D eigenvalue weighted by Crippen LogP contribution is 2.19. The van der Waals surface area contributed by atoms with Crippen molar-refractivity contribution in [2.45, 2.75) is 57.2 Å². The highest BCUT2D eigenvalue weighted by atomic mass is 16.3. The third-order valence-electron chi connectivity index (χ3n) is 3.82. The van der Waals surface area contributed by atoms with Gasteiger partial charge in [0.1, 0.15) is 12.1 Å². The highest BCUT2D eigenvalue weighted by Gasteiger charge is 2.45. The molecule has 0 aromatic heterocycles. The smallest absolute Gasteiger partial charge is 0.325 e. The molecule has 1 aliphatic carbocycles. The molecular formula is C13H21N3O4. The molecule has 1 saturated carbocycles. The number of aliphatic hydroxyl groups is 1. The Morgan fingerprint density at radius 2 is 2.05 bits per heavy atom. The molecule has 0 bridgehead atoms. The van der Waals surface area contributed by atoms with E-state index < -0.39 is 29.5 Å². The zero-order valence-corrected chi connectivity index (χ0v) is 11.8. The third-order valence-corrected chi connectivity index (χ3v) is 3.82. The molecule has 7 nitrogen and oxygen atoms in total. The van der Waals surface area contributed by atoms with Crippen LogP contribution in [-0.2, 0) is 9.59 Å². The fourth-order valence-corrected chi connectivity index (χ4v) is 2.64. The molecule has 0 radical (unpaired) electrons. The predicted octanol–water partition coefficient (Wildman–Crippen LogP) is -0.264. The van der Waals surface area contributed by atoms with Gasteiger partial charge in [-0.2, -0.15) is 0 Å². The molecule has 2 unspecified atom stereocenters. The van der Waals surface area contributed by atoms with E-state index >= 15 is 0 Å². The van der Waals surface area contributed by atoms with Crippen LogP contribution in [0, 0.1) is 0 Å². The number of nitrogens with zero attached hydrogens (tertiary/aromatic N) is 1. The molecule has 0 aromatic rings. The Bertz CT molecular complexity index is 435. The van der Waals surface area contributed by atoms with E-state index in [0.29, 0.717) is 6.42 Å². The van der Waals surface area contributed by atoms with Crippen LogP contribution in [0.5, 0.6) is 0 Å². The van der Waals surface area contributed by atoms with E-state index in [0.717, 1.165) is 24.2 Å². The summed E-state index contributed by atoms with van der Waals surface area (Å²) in [6.45, 7) is 2.88. The van der Waals surface area contributed by atoms with Crippen LogP contribution in [0.3, 0.4) is 0 Å². The minimum Gasteiger partial charge on any atom is -0.391 e. The molecule has 1 saturated heterocycles. The average molecular weight is 283 g/mol. The maximum Gasteiger partial charge on any atom is 0.325 e. The Labute approximate surface area is 117 Å². The molecule has 0 spiro atoms. The average Bonchev–Trinajstić information content (AvgIpc) is 2.55. The minimum absolute atomic E-state index is 0.287. The van der Waals surface area contributed by atoms with E-state index in [1.54, 1.807) is 13.8 Å². The van der Waals surface area contributed by atoms with Crippen LogP contribution in [0.2, 0.25) is 0 Å². The number of nitrogens with one attached hydrogen (secondary N) is 2. The standard InChI is InChI=1S/C13H21N3O4/c1-13(2)11(19)16(12(20)15-13)7-10(18)14-8-5-3-4-6-9(8)17/h8-9,17H,3-7H2,1-2H3,(H,14,18)(H,15,20). The monoisotopic (exact) mass is 283 g/mol. The van der Waals surface area contributed by atoms with Gasteiger partial charge < -0.3 is 15.7 Å². The zero-order valence-electron chi connectivity index (χ0n) is 11.8. The third kappa shape index (κ3) is 2.92. The fourth-order valence-electron chi connectivity index (χ4n) is 2.64. The summed E-state index contributed by atoms with van der Waals surface area (Å²) in [5.41, 5.74) is -0.971. The van der Waals surface area contributed by atoms with E-state index in [2.05, 4.69) is 10.6 Å². The summed E-state index contributed by atoms with van der Waals surface area (Å²) in [4.78, 5) is 36.4. The lowest BCUT2D eigenvalue weighted by Crippen LogP contribution is -2.49. The van der Waals surface area contributed by atoms with Gasteiger partial charge in [-0.25, -0.2) is 4.79 Å². The van der Waals surface area contributed by atoms with Crippen LogP contribution in [0.4, 0.5) is 4.79 Å². The van der Waals surface area contributed by atoms with Gasteiger partial charge in [-0.05, 0) is 26.7 Å². The summed E-state index contributed by atoms with van der Waals surface area (Å²) in [7, 11) is 0. The van der Waals surface area contributed by atoms with Crippen molar-refractivity contribution in [1.82, 2.24) is 15.5 Å². The van der Waals surface area contributed by atoms with E-state index in [-0.39, 0.29) is 12.6 Å². The van der Waals surface area contributed by atoms with Crippen molar-refractivity contribution in [3.8, 4) is 0 Å². The normalized spacial score (nSPS) is 29.2. The van der Waals surface area contributed by atoms with Crippen molar-refractivity contribution in [3.05, 3.63) is 0 Å². The molecule has 1 heterocycles. The van der Waals surface area contributed by atoms with E-state index in [9.17, 15) is 19.5 Å². The molecular weight excluding hydrogens is 262 g/mol. The Morgan fingerprint density at radius 3 is 2.60 bits per heavy atom. The molecule has 0 aromatic carbocycles. The molecule has 20 heavy (non-hydrogen) atoms. The first-order chi connectivity index (χ1) is 9.31. The predicted molar refractivity (Wildman–Crippen MR) is 70.7 cm³/mol. The second-order valence-corrected chi connectivity index (χ2v) is 5.97. The number of aliphatic hydroxyl groups excluding tert-OH is 1. The second-order valence-electron chi connectivity index (χ2n) is 5.97. The van der Waals surface area contributed by atoms with Gasteiger partial charge in [-0.1, -0.05) is 12.8 Å². The topological polar surface area (TPSA) is 98.7 Å². The number of carbonyl (C=O) groups is 3. The summed E-state index contributed by atoms with van der Waals surface area (Å²) in [6, 6.07) is -0.843. The van der Waals surface area contributed by atoms with E-state index in [4.69, 9.17) is 0 Å². The van der Waals surface area contributed by atoms with Crippen LogP contribution in [0.15, 0.2) is 0 Å². The first-order valence-electron chi connectivity index (χ1n) is 6.93. The van der Waals surface area contributed by atoms with Crippen LogP contribution in [-0.4, -0.2) is 52.1 Å². The van der Waals surface area contributed by atoms with Crippen LogP contribution in [0.25, 0.3) is 0 Å².